The Morgan fingerprint density at radius 2 is 2.17 bits per heavy atom. The molecule has 0 radical (unpaired) electrons. The molecule has 0 amide bonds. The Kier molecular flexibility index (Phi) is 2.36. The zero-order chi connectivity index (χ0) is 12.9. The summed E-state index contributed by atoms with van der Waals surface area (Å²) in [5.74, 6) is 1.45. The van der Waals surface area contributed by atoms with Crippen molar-refractivity contribution in [2.45, 2.75) is 39.7 Å². The molecule has 0 aliphatic heterocycles. The van der Waals surface area contributed by atoms with Crippen molar-refractivity contribution in [3.8, 4) is 11.4 Å². The van der Waals surface area contributed by atoms with E-state index in [1.807, 2.05) is 6.20 Å². The maximum Gasteiger partial charge on any atom is 0.220 e. The summed E-state index contributed by atoms with van der Waals surface area (Å²) in [5, 5.41) is 0. The van der Waals surface area contributed by atoms with Gasteiger partial charge < -0.3 is 10.3 Å². The molecule has 0 fully saturated rings. The highest BCUT2D eigenvalue weighted by Gasteiger charge is 2.28. The van der Waals surface area contributed by atoms with Crippen molar-refractivity contribution in [3.63, 3.8) is 0 Å². The van der Waals surface area contributed by atoms with E-state index in [9.17, 15) is 0 Å². The highest BCUT2D eigenvalue weighted by Crippen LogP contribution is 2.37. The Labute approximate surface area is 106 Å². The molecular weight excluding hydrogens is 226 g/mol. The van der Waals surface area contributed by atoms with Crippen molar-refractivity contribution in [1.82, 2.24) is 19.5 Å². The molecular formula is C13H17N5. The van der Waals surface area contributed by atoms with E-state index in [1.54, 1.807) is 0 Å². The molecule has 0 bridgehead atoms. The van der Waals surface area contributed by atoms with Gasteiger partial charge in [0.2, 0.25) is 5.95 Å². The standard InChI is InChI=1S/C13H17N5/c1-4-10-16-9-5-8-6-15-13(14)17-11(8)12(9)18(10)7(2)3/h6-7H,4-5H2,1-3H3,(H2,14,15,17). The van der Waals surface area contributed by atoms with E-state index < -0.39 is 0 Å². The lowest BCUT2D eigenvalue weighted by atomic mass is 10.2. The Hall–Kier alpha value is -1.91. The van der Waals surface area contributed by atoms with Crippen molar-refractivity contribution >= 4 is 5.95 Å². The smallest absolute Gasteiger partial charge is 0.220 e. The lowest BCUT2D eigenvalue weighted by molar-refractivity contribution is 0.576. The number of fused-ring (bicyclic) bond motifs is 3. The lowest BCUT2D eigenvalue weighted by Crippen LogP contribution is -2.08. The highest BCUT2D eigenvalue weighted by molar-refractivity contribution is 5.70. The molecule has 0 spiro atoms. The molecule has 5 heteroatoms. The zero-order valence-electron chi connectivity index (χ0n) is 10.9. The first-order valence-corrected chi connectivity index (χ1v) is 6.33. The van der Waals surface area contributed by atoms with Crippen molar-refractivity contribution in [2.24, 2.45) is 0 Å². The van der Waals surface area contributed by atoms with Crippen LogP contribution in [0, 0.1) is 0 Å². The average Bonchev–Trinajstić information content (AvgIpc) is 2.83. The minimum atomic E-state index is 0.330. The number of anilines is 1. The van der Waals surface area contributed by atoms with Crippen LogP contribution in [0.2, 0.25) is 0 Å². The van der Waals surface area contributed by atoms with E-state index in [2.05, 4.69) is 35.3 Å². The Morgan fingerprint density at radius 1 is 1.39 bits per heavy atom. The van der Waals surface area contributed by atoms with Crippen LogP contribution in [0.5, 0.6) is 0 Å². The Morgan fingerprint density at radius 3 is 2.83 bits per heavy atom. The third kappa shape index (κ3) is 1.43. The van der Waals surface area contributed by atoms with E-state index in [4.69, 9.17) is 10.7 Å². The largest absolute Gasteiger partial charge is 0.368 e. The minimum Gasteiger partial charge on any atom is -0.368 e. The fourth-order valence-corrected chi connectivity index (χ4v) is 2.65. The molecule has 0 atom stereocenters. The van der Waals surface area contributed by atoms with Crippen LogP contribution in [-0.4, -0.2) is 19.5 Å². The van der Waals surface area contributed by atoms with E-state index in [1.165, 1.54) is 0 Å². The first-order valence-electron chi connectivity index (χ1n) is 6.33. The van der Waals surface area contributed by atoms with Crippen molar-refractivity contribution in [2.75, 3.05) is 5.73 Å². The van der Waals surface area contributed by atoms with Crippen LogP contribution < -0.4 is 5.73 Å². The van der Waals surface area contributed by atoms with Gasteiger partial charge in [-0.2, -0.15) is 0 Å². The summed E-state index contributed by atoms with van der Waals surface area (Å²) in [6, 6.07) is 0.373. The van der Waals surface area contributed by atoms with Gasteiger partial charge in [0.15, 0.2) is 0 Å². The van der Waals surface area contributed by atoms with Crippen LogP contribution in [0.1, 0.15) is 43.9 Å². The second kappa shape index (κ2) is 3.80. The number of aryl methyl sites for hydroxylation is 1. The fraction of sp³-hybridized carbons (Fsp3) is 0.462. The van der Waals surface area contributed by atoms with Crippen LogP contribution in [0.4, 0.5) is 5.95 Å². The van der Waals surface area contributed by atoms with Gasteiger partial charge in [-0.05, 0) is 13.8 Å². The molecule has 5 nitrogen and oxygen atoms in total. The SMILES string of the molecule is CCc1nc2c(n1C(C)C)-c1nc(N)ncc1C2. The van der Waals surface area contributed by atoms with Crippen molar-refractivity contribution in [3.05, 3.63) is 23.3 Å². The minimum absolute atomic E-state index is 0.330. The number of aromatic nitrogens is 4. The highest BCUT2D eigenvalue weighted by atomic mass is 15.1. The number of nitrogen functional groups attached to an aromatic ring is 1. The van der Waals surface area contributed by atoms with Gasteiger partial charge in [-0.15, -0.1) is 0 Å². The van der Waals surface area contributed by atoms with E-state index >= 15 is 0 Å². The summed E-state index contributed by atoms with van der Waals surface area (Å²) in [6.07, 6.45) is 3.56. The van der Waals surface area contributed by atoms with Gasteiger partial charge in [0, 0.05) is 30.6 Å². The molecule has 2 aromatic heterocycles. The molecule has 94 valence electrons. The van der Waals surface area contributed by atoms with Gasteiger partial charge in [-0.3, -0.25) is 0 Å². The predicted octanol–water partition coefficient (Wildman–Crippen LogP) is 1.97. The van der Waals surface area contributed by atoms with Gasteiger partial charge in [0.05, 0.1) is 17.1 Å². The summed E-state index contributed by atoms with van der Waals surface area (Å²) in [6.45, 7) is 6.47. The van der Waals surface area contributed by atoms with Crippen LogP contribution in [0.25, 0.3) is 11.4 Å². The van der Waals surface area contributed by atoms with Gasteiger partial charge in [-0.1, -0.05) is 6.92 Å². The number of nitrogens with two attached hydrogens (primary N) is 1. The first kappa shape index (κ1) is 11.2. The summed E-state index contributed by atoms with van der Waals surface area (Å²) in [5.41, 5.74) is 10.0. The maximum absolute atomic E-state index is 5.70. The second-order valence-electron chi connectivity index (χ2n) is 4.92. The maximum atomic E-state index is 5.70. The van der Waals surface area contributed by atoms with E-state index in [0.29, 0.717) is 12.0 Å². The monoisotopic (exact) mass is 243 g/mol. The average molecular weight is 243 g/mol. The van der Waals surface area contributed by atoms with Gasteiger partial charge in [0.1, 0.15) is 5.82 Å². The predicted molar refractivity (Wildman–Crippen MR) is 70.2 cm³/mol. The molecule has 3 rings (SSSR count). The van der Waals surface area contributed by atoms with Crippen LogP contribution in [0.15, 0.2) is 6.20 Å². The third-order valence-corrected chi connectivity index (χ3v) is 3.35. The molecule has 18 heavy (non-hydrogen) atoms. The normalized spacial score (nSPS) is 12.9. The lowest BCUT2D eigenvalue weighted by Gasteiger charge is -2.14. The summed E-state index contributed by atoms with van der Waals surface area (Å²) in [4.78, 5) is 13.2. The molecule has 2 N–H and O–H groups in total. The van der Waals surface area contributed by atoms with E-state index in [-0.39, 0.29) is 0 Å². The first-order chi connectivity index (χ1) is 8.61. The molecule has 0 saturated carbocycles. The van der Waals surface area contributed by atoms with E-state index in [0.717, 1.165) is 41.3 Å². The van der Waals surface area contributed by atoms with Crippen LogP contribution in [-0.2, 0) is 12.8 Å². The number of rotatable bonds is 2. The molecule has 0 saturated heterocycles. The number of imidazole rings is 1. The molecule has 0 aromatic carbocycles. The van der Waals surface area contributed by atoms with Gasteiger partial charge >= 0.3 is 0 Å². The Balaban J connectivity index is 2.27. The molecule has 2 aromatic rings. The van der Waals surface area contributed by atoms with Crippen molar-refractivity contribution in [1.29, 1.82) is 0 Å². The zero-order valence-corrected chi connectivity index (χ0v) is 10.9. The third-order valence-electron chi connectivity index (χ3n) is 3.35. The topological polar surface area (TPSA) is 69.6 Å². The molecule has 0 unspecified atom stereocenters. The van der Waals surface area contributed by atoms with Crippen molar-refractivity contribution < 1.29 is 0 Å². The number of hydrogen-bond donors (Lipinski definition) is 1. The van der Waals surface area contributed by atoms with Gasteiger partial charge in [0.25, 0.3) is 0 Å². The number of hydrogen-bond acceptors (Lipinski definition) is 4. The summed E-state index contributed by atoms with van der Waals surface area (Å²) < 4.78 is 2.27. The van der Waals surface area contributed by atoms with Crippen LogP contribution >= 0.6 is 0 Å². The quantitative estimate of drug-likeness (QED) is 0.747. The van der Waals surface area contributed by atoms with Gasteiger partial charge in [-0.25, -0.2) is 15.0 Å². The second-order valence-corrected chi connectivity index (χ2v) is 4.92. The molecule has 1 aliphatic rings. The fourth-order valence-electron chi connectivity index (χ4n) is 2.65. The summed E-state index contributed by atoms with van der Waals surface area (Å²) >= 11 is 0. The molecule has 2 heterocycles. The Bertz CT molecular complexity index is 612. The summed E-state index contributed by atoms with van der Waals surface area (Å²) in [7, 11) is 0. The van der Waals surface area contributed by atoms with Crippen LogP contribution in [0.3, 0.4) is 0 Å². The molecule has 1 aliphatic carbocycles. The number of nitrogens with zero attached hydrogens (tertiary/aromatic N) is 4.